The first kappa shape index (κ1) is 16.8. The van der Waals surface area contributed by atoms with Crippen molar-refractivity contribution in [1.82, 2.24) is 5.32 Å². The van der Waals surface area contributed by atoms with Crippen molar-refractivity contribution in [2.75, 3.05) is 31.6 Å². The van der Waals surface area contributed by atoms with E-state index in [9.17, 15) is 0 Å². The Morgan fingerprint density at radius 2 is 1.65 bits per heavy atom. The zero-order chi connectivity index (χ0) is 14.5. The summed E-state index contributed by atoms with van der Waals surface area (Å²) < 4.78 is 5.73. The number of nitrogens with one attached hydrogen (secondary N) is 2. The van der Waals surface area contributed by atoms with E-state index in [1.807, 2.05) is 12.1 Å². The minimum absolute atomic E-state index is 0.827. The van der Waals surface area contributed by atoms with Gasteiger partial charge in [-0.05, 0) is 43.7 Å². The van der Waals surface area contributed by atoms with Gasteiger partial charge >= 0.3 is 0 Å². The second-order valence-corrected chi connectivity index (χ2v) is 5.11. The molecule has 3 nitrogen and oxygen atoms in total. The minimum atomic E-state index is 0.827. The summed E-state index contributed by atoms with van der Waals surface area (Å²) in [5.41, 5.74) is 1.15. The third kappa shape index (κ3) is 8.05. The lowest BCUT2D eigenvalue weighted by atomic mass is 10.2. The van der Waals surface area contributed by atoms with Gasteiger partial charge in [-0.15, -0.1) is 0 Å². The van der Waals surface area contributed by atoms with E-state index < -0.39 is 0 Å². The van der Waals surface area contributed by atoms with Crippen LogP contribution in [-0.2, 0) is 0 Å². The van der Waals surface area contributed by atoms with Crippen LogP contribution in [0.4, 0.5) is 5.69 Å². The van der Waals surface area contributed by atoms with E-state index in [0.717, 1.165) is 44.1 Å². The molecule has 0 bridgehead atoms. The van der Waals surface area contributed by atoms with Crippen LogP contribution in [0.15, 0.2) is 24.3 Å². The van der Waals surface area contributed by atoms with Crippen molar-refractivity contribution in [2.24, 2.45) is 0 Å². The molecule has 0 spiro atoms. The maximum atomic E-state index is 5.73. The van der Waals surface area contributed by atoms with Crippen LogP contribution in [0.5, 0.6) is 5.75 Å². The second kappa shape index (κ2) is 11.6. The molecule has 1 aromatic carbocycles. The fourth-order valence-corrected chi connectivity index (χ4v) is 1.98. The van der Waals surface area contributed by atoms with Gasteiger partial charge in [0.25, 0.3) is 0 Å². The van der Waals surface area contributed by atoms with Gasteiger partial charge in [-0.3, -0.25) is 0 Å². The van der Waals surface area contributed by atoms with Crippen LogP contribution in [0.2, 0.25) is 0 Å². The maximum Gasteiger partial charge on any atom is 0.119 e. The fourth-order valence-electron chi connectivity index (χ4n) is 1.98. The van der Waals surface area contributed by atoms with Crippen LogP contribution < -0.4 is 15.4 Å². The van der Waals surface area contributed by atoms with Crippen LogP contribution in [0, 0.1) is 0 Å². The molecule has 0 aromatic heterocycles. The van der Waals surface area contributed by atoms with E-state index in [0.29, 0.717) is 0 Å². The van der Waals surface area contributed by atoms with Crippen molar-refractivity contribution >= 4 is 5.69 Å². The Morgan fingerprint density at radius 3 is 2.35 bits per heavy atom. The van der Waals surface area contributed by atoms with Gasteiger partial charge in [0.2, 0.25) is 0 Å². The average molecular weight is 278 g/mol. The van der Waals surface area contributed by atoms with Gasteiger partial charge in [-0.1, -0.05) is 33.1 Å². The summed E-state index contributed by atoms with van der Waals surface area (Å²) in [5.74, 6) is 0.969. The molecule has 0 atom stereocenters. The van der Waals surface area contributed by atoms with Crippen LogP contribution >= 0.6 is 0 Å². The smallest absolute Gasteiger partial charge is 0.119 e. The number of hydrogen-bond donors (Lipinski definition) is 2. The Labute approximate surface area is 124 Å². The van der Waals surface area contributed by atoms with Gasteiger partial charge in [0, 0.05) is 18.8 Å². The highest BCUT2D eigenvalue weighted by Crippen LogP contribution is 2.15. The number of anilines is 1. The predicted molar refractivity (Wildman–Crippen MR) is 87.7 cm³/mol. The Bertz CT molecular complexity index is 291. The molecule has 2 N–H and O–H groups in total. The quantitative estimate of drug-likeness (QED) is 0.566. The molecule has 3 heteroatoms. The third-order valence-corrected chi connectivity index (χ3v) is 3.18. The Kier molecular flexibility index (Phi) is 9.76. The van der Waals surface area contributed by atoms with E-state index in [2.05, 4.69) is 36.6 Å². The molecule has 20 heavy (non-hydrogen) atoms. The van der Waals surface area contributed by atoms with Crippen LogP contribution in [0.1, 0.15) is 46.0 Å². The Balaban J connectivity index is 2.13. The normalized spacial score (nSPS) is 10.5. The third-order valence-electron chi connectivity index (χ3n) is 3.18. The molecule has 114 valence electrons. The van der Waals surface area contributed by atoms with E-state index >= 15 is 0 Å². The van der Waals surface area contributed by atoms with Gasteiger partial charge < -0.3 is 15.4 Å². The topological polar surface area (TPSA) is 33.3 Å². The van der Waals surface area contributed by atoms with Crippen LogP contribution in [-0.4, -0.2) is 26.2 Å². The number of ether oxygens (including phenoxy) is 1. The van der Waals surface area contributed by atoms with E-state index in [1.54, 1.807) is 0 Å². The van der Waals surface area contributed by atoms with Crippen LogP contribution in [0.25, 0.3) is 0 Å². The second-order valence-electron chi connectivity index (χ2n) is 5.11. The summed E-state index contributed by atoms with van der Waals surface area (Å²) in [6.07, 6.45) is 6.17. The molecular formula is C17H30N2O. The number of rotatable bonds is 12. The summed E-state index contributed by atoms with van der Waals surface area (Å²) in [6, 6.07) is 8.26. The lowest BCUT2D eigenvalue weighted by Crippen LogP contribution is -2.22. The highest BCUT2D eigenvalue weighted by Gasteiger charge is 1.95. The SMILES string of the molecule is CCCCCCOc1ccc(NCCNCCC)cc1. The van der Waals surface area contributed by atoms with Crippen molar-refractivity contribution in [3.63, 3.8) is 0 Å². The van der Waals surface area contributed by atoms with E-state index in [1.165, 1.54) is 25.7 Å². The highest BCUT2D eigenvalue weighted by atomic mass is 16.5. The van der Waals surface area contributed by atoms with Gasteiger partial charge in [-0.25, -0.2) is 0 Å². The maximum absolute atomic E-state index is 5.73. The first-order chi connectivity index (χ1) is 9.86. The first-order valence-electron chi connectivity index (χ1n) is 8.04. The predicted octanol–water partition coefficient (Wildman–Crippen LogP) is 4.06. The van der Waals surface area contributed by atoms with E-state index in [4.69, 9.17) is 4.74 Å². The molecule has 0 fully saturated rings. The molecule has 0 saturated carbocycles. The van der Waals surface area contributed by atoms with Gasteiger partial charge in [0.15, 0.2) is 0 Å². The average Bonchev–Trinajstić information content (AvgIpc) is 2.48. The monoisotopic (exact) mass is 278 g/mol. The summed E-state index contributed by atoms with van der Waals surface area (Å²) in [5, 5.41) is 6.77. The van der Waals surface area contributed by atoms with Crippen LogP contribution in [0.3, 0.4) is 0 Å². The molecule has 0 unspecified atom stereocenters. The molecule has 1 aromatic rings. The van der Waals surface area contributed by atoms with Crippen molar-refractivity contribution in [1.29, 1.82) is 0 Å². The number of hydrogen-bond acceptors (Lipinski definition) is 3. The minimum Gasteiger partial charge on any atom is -0.494 e. The fraction of sp³-hybridized carbons (Fsp3) is 0.647. The molecule has 0 aliphatic heterocycles. The number of unbranched alkanes of at least 4 members (excludes halogenated alkanes) is 3. The molecule has 1 rings (SSSR count). The van der Waals surface area contributed by atoms with Gasteiger partial charge in [0.05, 0.1) is 6.61 Å². The molecule has 0 amide bonds. The molecule has 0 heterocycles. The summed E-state index contributed by atoms with van der Waals surface area (Å²) in [4.78, 5) is 0. The zero-order valence-electron chi connectivity index (χ0n) is 13.1. The number of benzene rings is 1. The standard InChI is InChI=1S/C17H30N2O/c1-3-5-6-7-15-20-17-10-8-16(9-11-17)19-14-13-18-12-4-2/h8-11,18-19H,3-7,12-15H2,1-2H3. The van der Waals surface area contributed by atoms with Gasteiger partial charge in [-0.2, -0.15) is 0 Å². The largest absolute Gasteiger partial charge is 0.494 e. The lowest BCUT2D eigenvalue weighted by Gasteiger charge is -2.09. The molecule has 0 aliphatic carbocycles. The lowest BCUT2D eigenvalue weighted by molar-refractivity contribution is 0.305. The van der Waals surface area contributed by atoms with Crippen molar-refractivity contribution in [3.05, 3.63) is 24.3 Å². The molecule has 0 aliphatic rings. The van der Waals surface area contributed by atoms with Crippen molar-refractivity contribution in [3.8, 4) is 5.75 Å². The summed E-state index contributed by atoms with van der Waals surface area (Å²) >= 11 is 0. The molecule has 0 saturated heterocycles. The molecule has 0 radical (unpaired) electrons. The first-order valence-corrected chi connectivity index (χ1v) is 8.04. The van der Waals surface area contributed by atoms with Crippen molar-refractivity contribution in [2.45, 2.75) is 46.0 Å². The van der Waals surface area contributed by atoms with E-state index in [-0.39, 0.29) is 0 Å². The van der Waals surface area contributed by atoms with Crippen molar-refractivity contribution < 1.29 is 4.74 Å². The molecular weight excluding hydrogens is 248 g/mol. The van der Waals surface area contributed by atoms with Gasteiger partial charge in [0.1, 0.15) is 5.75 Å². The summed E-state index contributed by atoms with van der Waals surface area (Å²) in [7, 11) is 0. The Hall–Kier alpha value is -1.22. The summed E-state index contributed by atoms with van der Waals surface area (Å²) in [6.45, 7) is 8.28. The Morgan fingerprint density at radius 1 is 0.850 bits per heavy atom. The highest BCUT2D eigenvalue weighted by molar-refractivity contribution is 5.46. The zero-order valence-corrected chi connectivity index (χ0v) is 13.1.